The highest BCUT2D eigenvalue weighted by Crippen LogP contribution is 2.21. The molecule has 0 radical (unpaired) electrons. The third-order valence-corrected chi connectivity index (χ3v) is 4.16. The minimum absolute atomic E-state index is 0.284. The Hall–Kier alpha value is -2.08. The van der Waals surface area contributed by atoms with E-state index < -0.39 is 29.7 Å². The average Bonchev–Trinajstić information content (AvgIpc) is 2.62. The molecule has 0 bridgehead atoms. The Balaban J connectivity index is 3.22. The summed E-state index contributed by atoms with van der Waals surface area (Å²) in [5, 5.41) is 10.0. The molecule has 2 atom stereocenters. The number of carbonyl (C=O) groups excluding carboxylic acids is 2. The maximum Gasteiger partial charge on any atom is 0.411 e. The number of hydrogen-bond acceptors (Lipinski definition) is 5. The molecule has 0 fully saturated rings. The number of methoxy groups -OCH3 is 1. The lowest BCUT2D eigenvalue weighted by Crippen LogP contribution is -2.54. The number of nitrogens with zero attached hydrogens (tertiary/aromatic N) is 1. The van der Waals surface area contributed by atoms with Gasteiger partial charge in [-0.25, -0.2) is 9.59 Å². The molecular weight excluding hydrogens is 346 g/mol. The van der Waals surface area contributed by atoms with Crippen LogP contribution in [0.5, 0.6) is 0 Å². The van der Waals surface area contributed by atoms with Crippen molar-refractivity contribution in [1.82, 2.24) is 4.90 Å². The van der Waals surface area contributed by atoms with Gasteiger partial charge in [0.2, 0.25) is 0 Å². The molecule has 1 aromatic carbocycles. The molecule has 0 aliphatic heterocycles. The van der Waals surface area contributed by atoms with Gasteiger partial charge in [0.05, 0.1) is 19.8 Å². The van der Waals surface area contributed by atoms with Gasteiger partial charge in [-0.05, 0) is 39.2 Å². The number of carbonyl (C=O) groups is 2. The molecule has 1 amide bonds. The molecule has 0 saturated heterocycles. The first-order valence-corrected chi connectivity index (χ1v) is 9.47. The Morgan fingerprint density at radius 3 is 2.30 bits per heavy atom. The van der Waals surface area contributed by atoms with Crippen molar-refractivity contribution in [3.05, 3.63) is 35.9 Å². The van der Waals surface area contributed by atoms with Crippen LogP contribution in [0.3, 0.4) is 0 Å². The molecule has 0 saturated carbocycles. The zero-order chi connectivity index (χ0) is 20.4. The number of benzene rings is 1. The van der Waals surface area contributed by atoms with E-state index in [9.17, 15) is 14.7 Å². The van der Waals surface area contributed by atoms with E-state index in [-0.39, 0.29) is 6.61 Å². The van der Waals surface area contributed by atoms with Crippen LogP contribution in [0, 0.1) is 0 Å². The van der Waals surface area contributed by atoms with E-state index in [0.717, 1.165) is 18.4 Å². The molecule has 0 aliphatic carbocycles. The van der Waals surface area contributed by atoms with Gasteiger partial charge in [-0.3, -0.25) is 4.90 Å². The molecule has 0 spiro atoms. The van der Waals surface area contributed by atoms with Crippen LogP contribution < -0.4 is 0 Å². The van der Waals surface area contributed by atoms with Crippen LogP contribution in [-0.4, -0.2) is 53.5 Å². The largest absolute Gasteiger partial charge is 0.467 e. The zero-order valence-electron chi connectivity index (χ0n) is 17.1. The van der Waals surface area contributed by atoms with Crippen molar-refractivity contribution in [3.8, 4) is 0 Å². The Morgan fingerprint density at radius 2 is 1.81 bits per heavy atom. The molecule has 0 heterocycles. The molecule has 6 heteroatoms. The van der Waals surface area contributed by atoms with E-state index in [1.54, 1.807) is 20.8 Å². The normalized spacial score (nSPS) is 13.6. The molecule has 0 aliphatic rings. The zero-order valence-corrected chi connectivity index (χ0v) is 17.1. The van der Waals surface area contributed by atoms with Gasteiger partial charge >= 0.3 is 12.1 Å². The van der Waals surface area contributed by atoms with Crippen LogP contribution >= 0.6 is 0 Å². The number of aliphatic hydroxyl groups is 1. The van der Waals surface area contributed by atoms with Crippen molar-refractivity contribution in [2.45, 2.75) is 71.1 Å². The first kappa shape index (κ1) is 23.0. The second-order valence-electron chi connectivity index (χ2n) is 7.59. The fourth-order valence-electron chi connectivity index (χ4n) is 2.89. The lowest BCUT2D eigenvalue weighted by Gasteiger charge is -2.37. The Morgan fingerprint density at radius 1 is 1.19 bits per heavy atom. The Kier molecular flexibility index (Phi) is 9.29. The van der Waals surface area contributed by atoms with E-state index in [1.807, 2.05) is 37.3 Å². The van der Waals surface area contributed by atoms with Crippen molar-refractivity contribution < 1.29 is 24.2 Å². The topological polar surface area (TPSA) is 76.1 Å². The highest BCUT2D eigenvalue weighted by atomic mass is 16.6. The molecule has 27 heavy (non-hydrogen) atoms. The minimum Gasteiger partial charge on any atom is -0.467 e. The van der Waals surface area contributed by atoms with E-state index in [2.05, 4.69) is 0 Å². The molecule has 1 aromatic rings. The third-order valence-electron chi connectivity index (χ3n) is 4.16. The van der Waals surface area contributed by atoms with Crippen molar-refractivity contribution in [3.63, 3.8) is 0 Å². The number of esters is 1. The van der Waals surface area contributed by atoms with E-state index in [1.165, 1.54) is 12.0 Å². The molecular formula is C21H33NO5. The third kappa shape index (κ3) is 7.59. The van der Waals surface area contributed by atoms with Crippen LogP contribution in [-0.2, 0) is 20.7 Å². The van der Waals surface area contributed by atoms with Crippen molar-refractivity contribution in [2.24, 2.45) is 0 Å². The summed E-state index contributed by atoms with van der Waals surface area (Å²) in [4.78, 5) is 26.8. The Labute approximate surface area is 162 Å². The van der Waals surface area contributed by atoms with Gasteiger partial charge in [0.1, 0.15) is 11.6 Å². The van der Waals surface area contributed by atoms with Gasteiger partial charge in [-0.15, -0.1) is 0 Å². The van der Waals surface area contributed by atoms with Gasteiger partial charge in [-0.1, -0.05) is 50.1 Å². The van der Waals surface area contributed by atoms with E-state index in [0.29, 0.717) is 12.8 Å². The average molecular weight is 379 g/mol. The minimum atomic E-state index is -0.800. The summed E-state index contributed by atoms with van der Waals surface area (Å²) in [6.45, 7) is 7.04. The Bertz CT molecular complexity index is 582. The second kappa shape index (κ2) is 10.9. The first-order chi connectivity index (χ1) is 12.7. The second-order valence-corrected chi connectivity index (χ2v) is 7.59. The molecule has 152 valence electrons. The molecule has 1 N–H and O–H groups in total. The van der Waals surface area contributed by atoms with Crippen molar-refractivity contribution >= 4 is 12.1 Å². The van der Waals surface area contributed by atoms with Crippen LogP contribution in [0.25, 0.3) is 0 Å². The van der Waals surface area contributed by atoms with Gasteiger partial charge in [0.25, 0.3) is 0 Å². The fraction of sp³-hybridized carbons (Fsp3) is 0.619. The maximum absolute atomic E-state index is 13.0. The van der Waals surface area contributed by atoms with Gasteiger partial charge in [0, 0.05) is 0 Å². The predicted molar refractivity (Wildman–Crippen MR) is 104 cm³/mol. The highest BCUT2D eigenvalue weighted by Gasteiger charge is 2.38. The summed E-state index contributed by atoms with van der Waals surface area (Å²) >= 11 is 0. The lowest BCUT2D eigenvalue weighted by molar-refractivity contribution is -0.148. The quantitative estimate of drug-likeness (QED) is 0.664. The predicted octanol–water partition coefficient (Wildman–Crippen LogP) is 3.56. The monoisotopic (exact) mass is 379 g/mol. The van der Waals surface area contributed by atoms with Crippen LogP contribution in [0.4, 0.5) is 4.79 Å². The summed E-state index contributed by atoms with van der Waals surface area (Å²) in [6, 6.07) is 8.16. The number of hydrogen-bond donors (Lipinski definition) is 1. The first-order valence-electron chi connectivity index (χ1n) is 9.47. The molecule has 0 aromatic heterocycles. The standard InChI is InChI=1S/C21H33NO5/c1-6-7-13-18(19(24)26-5)22(20(25)27-21(2,3)4)17(15-23)14-16-11-9-8-10-12-16/h8-12,17-18,23H,6-7,13-15H2,1-5H3. The number of rotatable bonds is 9. The summed E-state index contributed by atoms with van der Waals surface area (Å²) in [5.74, 6) is -0.499. The van der Waals surface area contributed by atoms with Gasteiger partial charge in [0.15, 0.2) is 0 Å². The summed E-state index contributed by atoms with van der Waals surface area (Å²) < 4.78 is 10.5. The van der Waals surface area contributed by atoms with Crippen LogP contribution in [0.1, 0.15) is 52.5 Å². The SMILES string of the molecule is CCCCC(C(=O)OC)N(C(=O)OC(C)(C)C)C(CO)Cc1ccccc1. The van der Waals surface area contributed by atoms with E-state index >= 15 is 0 Å². The number of aliphatic hydroxyl groups excluding tert-OH is 1. The lowest BCUT2D eigenvalue weighted by atomic mass is 10.0. The van der Waals surface area contributed by atoms with Crippen molar-refractivity contribution in [2.75, 3.05) is 13.7 Å². The molecule has 1 rings (SSSR count). The van der Waals surface area contributed by atoms with Gasteiger partial charge in [-0.2, -0.15) is 0 Å². The fourth-order valence-corrected chi connectivity index (χ4v) is 2.89. The van der Waals surface area contributed by atoms with Crippen molar-refractivity contribution in [1.29, 1.82) is 0 Å². The highest BCUT2D eigenvalue weighted by molar-refractivity contribution is 5.81. The number of amides is 1. The smallest absolute Gasteiger partial charge is 0.411 e. The summed E-state index contributed by atoms with van der Waals surface area (Å²) in [6.07, 6.45) is 1.87. The number of unbranched alkanes of at least 4 members (excludes halogenated alkanes) is 1. The van der Waals surface area contributed by atoms with Crippen LogP contribution in [0.2, 0.25) is 0 Å². The molecule has 2 unspecified atom stereocenters. The molecule has 6 nitrogen and oxygen atoms in total. The van der Waals surface area contributed by atoms with Crippen LogP contribution in [0.15, 0.2) is 30.3 Å². The summed E-state index contributed by atoms with van der Waals surface area (Å²) in [5.41, 5.74) is 0.247. The number of ether oxygens (including phenoxy) is 2. The van der Waals surface area contributed by atoms with E-state index in [4.69, 9.17) is 9.47 Å². The summed E-state index contributed by atoms with van der Waals surface area (Å²) in [7, 11) is 1.31. The van der Waals surface area contributed by atoms with Gasteiger partial charge < -0.3 is 14.6 Å². The maximum atomic E-state index is 13.0.